The van der Waals surface area contributed by atoms with Gasteiger partial charge in [-0.25, -0.2) is 18.7 Å². The van der Waals surface area contributed by atoms with Gasteiger partial charge in [0.15, 0.2) is 11.6 Å². The van der Waals surface area contributed by atoms with Gasteiger partial charge in [-0.15, -0.1) is 0 Å². The van der Waals surface area contributed by atoms with Crippen LogP contribution in [0.4, 0.5) is 37.7 Å². The minimum Gasteiger partial charge on any atom is -0.376 e. The lowest BCUT2D eigenvalue weighted by Crippen LogP contribution is -2.46. The van der Waals surface area contributed by atoms with Crippen molar-refractivity contribution in [3.05, 3.63) is 148 Å². The molecule has 5 heterocycles. The third kappa shape index (κ3) is 9.63. The van der Waals surface area contributed by atoms with Crippen LogP contribution < -0.4 is 15.5 Å². The van der Waals surface area contributed by atoms with Crippen LogP contribution in [0.15, 0.2) is 113 Å². The average Bonchev–Trinajstić information content (AvgIpc) is 3.80. The number of anilines is 5. The number of nitrogens with one attached hydrogen (secondary N) is 2. The maximum Gasteiger partial charge on any atom is 0.227 e. The number of halogens is 4. The molecule has 3 aliphatic rings. The molecular formula is C43H39Cl2F2N7O3S2. The summed E-state index contributed by atoms with van der Waals surface area (Å²) in [5.74, 6) is 1.81. The van der Waals surface area contributed by atoms with Crippen LogP contribution >= 0.6 is 23.2 Å². The van der Waals surface area contributed by atoms with Crippen LogP contribution in [0, 0.1) is 11.6 Å². The van der Waals surface area contributed by atoms with Crippen LogP contribution in [0.2, 0.25) is 10.3 Å². The molecule has 16 heteroatoms. The quantitative estimate of drug-likeness (QED) is 0.129. The van der Waals surface area contributed by atoms with Crippen molar-refractivity contribution in [3.8, 4) is 0 Å². The molecular weight excluding hydrogens is 836 g/mol. The number of hydrogen-bond acceptors (Lipinski definition) is 10. The molecule has 1 fully saturated rings. The highest BCUT2D eigenvalue weighted by atomic mass is 35.5. The van der Waals surface area contributed by atoms with Crippen LogP contribution in [-0.4, -0.2) is 59.6 Å². The van der Waals surface area contributed by atoms with Crippen molar-refractivity contribution in [2.45, 2.75) is 47.5 Å². The Balaban J connectivity index is 0.000000212. The van der Waals surface area contributed by atoms with E-state index in [1.807, 2.05) is 30.3 Å². The first-order chi connectivity index (χ1) is 28.6. The number of nitrogens with zero attached hydrogens (tertiary/aromatic N) is 5. The monoisotopic (exact) mass is 873 g/mol. The molecule has 2 aromatic heterocycles. The van der Waals surface area contributed by atoms with Gasteiger partial charge in [0.25, 0.3) is 0 Å². The van der Waals surface area contributed by atoms with E-state index >= 15 is 0 Å². The third-order valence-electron chi connectivity index (χ3n) is 10.5. The first-order valence-corrected chi connectivity index (χ1v) is 22.4. The number of benzene rings is 4. The molecule has 304 valence electrons. The fourth-order valence-corrected chi connectivity index (χ4v) is 10.4. The summed E-state index contributed by atoms with van der Waals surface area (Å²) in [7, 11) is -2.32. The number of hydrogen-bond donors (Lipinski definition) is 2. The van der Waals surface area contributed by atoms with Gasteiger partial charge in [-0.3, -0.25) is 8.42 Å². The number of fused-ring (bicyclic) bond motifs is 2. The SMILES string of the molecule is O=S1CCc2nc(Cl)nc(Nc3cccc(F)c3)c21.O=S1CCc2nc(N3CCC(COCc4ccccc4)(c4ccc(Cl)cc4)CC3)nc(Nc3cccc(F)c3)c21. The molecule has 0 aliphatic carbocycles. The first-order valence-electron chi connectivity index (χ1n) is 19.0. The van der Waals surface area contributed by atoms with Gasteiger partial charge in [0.2, 0.25) is 11.2 Å². The molecule has 0 spiro atoms. The van der Waals surface area contributed by atoms with Gasteiger partial charge in [0.05, 0.1) is 46.2 Å². The van der Waals surface area contributed by atoms with Crippen molar-refractivity contribution in [2.24, 2.45) is 0 Å². The summed E-state index contributed by atoms with van der Waals surface area (Å²) in [4.78, 5) is 21.1. The molecule has 2 atom stereocenters. The summed E-state index contributed by atoms with van der Waals surface area (Å²) >= 11 is 12.1. The highest BCUT2D eigenvalue weighted by Gasteiger charge is 2.38. The van der Waals surface area contributed by atoms with E-state index in [4.69, 9.17) is 37.9 Å². The summed E-state index contributed by atoms with van der Waals surface area (Å²) in [5.41, 5.74) is 4.76. The summed E-state index contributed by atoms with van der Waals surface area (Å²) < 4.78 is 58.0. The van der Waals surface area contributed by atoms with Crippen LogP contribution in [0.5, 0.6) is 0 Å². The zero-order chi connectivity index (χ0) is 40.9. The van der Waals surface area contributed by atoms with Crippen LogP contribution in [0.3, 0.4) is 0 Å². The molecule has 3 aliphatic heterocycles. The second kappa shape index (κ2) is 18.2. The van der Waals surface area contributed by atoms with Crippen LogP contribution in [0.1, 0.15) is 35.4 Å². The van der Waals surface area contributed by atoms with E-state index in [0.717, 1.165) is 37.2 Å². The van der Waals surface area contributed by atoms with Gasteiger partial charge in [-0.05, 0) is 84.1 Å². The predicted octanol–water partition coefficient (Wildman–Crippen LogP) is 9.11. The van der Waals surface area contributed by atoms with Gasteiger partial charge in [0, 0.05) is 59.2 Å². The molecule has 2 N–H and O–H groups in total. The Morgan fingerprint density at radius 2 is 1.27 bits per heavy atom. The Morgan fingerprint density at radius 3 is 1.86 bits per heavy atom. The second-order valence-corrected chi connectivity index (χ2v) is 18.2. The lowest BCUT2D eigenvalue weighted by atomic mass is 9.73. The summed E-state index contributed by atoms with van der Waals surface area (Å²) in [6.07, 6.45) is 2.94. The Kier molecular flexibility index (Phi) is 12.6. The van der Waals surface area contributed by atoms with Gasteiger partial charge < -0.3 is 20.3 Å². The van der Waals surface area contributed by atoms with E-state index in [9.17, 15) is 17.2 Å². The molecule has 0 saturated carbocycles. The summed E-state index contributed by atoms with van der Waals surface area (Å²) in [6, 6.07) is 30.5. The highest BCUT2D eigenvalue weighted by Crippen LogP contribution is 2.39. The first kappa shape index (κ1) is 40.9. The number of ether oxygens (including phenoxy) is 1. The van der Waals surface area contributed by atoms with Crippen molar-refractivity contribution in [2.75, 3.05) is 46.7 Å². The number of aryl methyl sites for hydroxylation is 2. The van der Waals surface area contributed by atoms with Crippen molar-refractivity contribution in [1.82, 2.24) is 19.9 Å². The van der Waals surface area contributed by atoms with E-state index in [2.05, 4.69) is 49.8 Å². The molecule has 10 nitrogen and oxygen atoms in total. The molecule has 0 radical (unpaired) electrons. The Bertz CT molecular complexity index is 2510. The smallest absolute Gasteiger partial charge is 0.227 e. The number of piperidine rings is 1. The molecule has 6 aromatic rings. The van der Waals surface area contributed by atoms with E-state index in [-0.39, 0.29) is 22.3 Å². The molecule has 2 unspecified atom stereocenters. The standard InChI is InChI=1S/C31H30ClFN4O2S.C12H9ClFN3OS/c32-24-11-9-23(10-12-24)31(21-39-20-22-5-2-1-3-6-22)14-16-37(17-15-31)30-35-27-13-18-40(38)28(27)29(36-30)34-26-8-4-7-25(33)19-26;13-12-16-9-4-5-19(18)10(9)11(17-12)15-8-3-1-2-7(14)6-8/h1-12,19H,13-18,20-21H2,(H,34,35,36);1-3,6H,4-5H2,(H,15,16,17). The fourth-order valence-electron chi connectivity index (χ4n) is 7.46. The zero-order valence-electron chi connectivity index (χ0n) is 31.7. The normalized spacial score (nSPS) is 17.7. The molecule has 0 amide bonds. The molecule has 9 rings (SSSR count). The van der Waals surface area contributed by atoms with Gasteiger partial charge >= 0.3 is 0 Å². The van der Waals surface area contributed by atoms with Crippen molar-refractivity contribution in [1.29, 1.82) is 0 Å². The van der Waals surface area contributed by atoms with E-state index in [0.29, 0.717) is 87.0 Å². The lowest BCUT2D eigenvalue weighted by Gasteiger charge is -2.42. The zero-order valence-corrected chi connectivity index (χ0v) is 34.8. The third-order valence-corrected chi connectivity index (χ3v) is 13.8. The van der Waals surface area contributed by atoms with Gasteiger partial charge in [0.1, 0.15) is 21.4 Å². The van der Waals surface area contributed by atoms with E-state index in [1.54, 1.807) is 24.3 Å². The predicted molar refractivity (Wildman–Crippen MR) is 229 cm³/mol. The fraction of sp³-hybridized carbons (Fsp3) is 0.256. The van der Waals surface area contributed by atoms with E-state index in [1.165, 1.54) is 29.8 Å². The molecule has 1 saturated heterocycles. The molecule has 59 heavy (non-hydrogen) atoms. The molecule has 0 bridgehead atoms. The van der Waals surface area contributed by atoms with Crippen molar-refractivity contribution in [3.63, 3.8) is 0 Å². The maximum absolute atomic E-state index is 13.9. The topological polar surface area (TPSA) is 122 Å². The summed E-state index contributed by atoms with van der Waals surface area (Å²) in [6.45, 7) is 2.62. The van der Waals surface area contributed by atoms with Crippen LogP contribution in [-0.2, 0) is 51.2 Å². The van der Waals surface area contributed by atoms with Crippen molar-refractivity contribution >= 4 is 73.8 Å². The van der Waals surface area contributed by atoms with E-state index < -0.39 is 21.6 Å². The Hall–Kier alpha value is -4.86. The lowest BCUT2D eigenvalue weighted by molar-refractivity contribution is 0.0591. The Morgan fingerprint density at radius 1 is 0.695 bits per heavy atom. The van der Waals surface area contributed by atoms with Crippen molar-refractivity contribution < 1.29 is 21.9 Å². The number of rotatable bonds is 10. The average molecular weight is 875 g/mol. The number of aromatic nitrogens is 4. The largest absolute Gasteiger partial charge is 0.376 e. The maximum atomic E-state index is 13.9. The molecule has 4 aromatic carbocycles. The van der Waals surface area contributed by atoms with Gasteiger partial charge in [-0.1, -0.05) is 66.2 Å². The minimum atomic E-state index is -1.19. The summed E-state index contributed by atoms with van der Waals surface area (Å²) in [5, 5.41) is 6.96. The Labute approximate surface area is 355 Å². The highest BCUT2D eigenvalue weighted by molar-refractivity contribution is 7.85. The van der Waals surface area contributed by atoms with Gasteiger partial charge in [-0.2, -0.15) is 9.97 Å². The van der Waals surface area contributed by atoms with Crippen LogP contribution in [0.25, 0.3) is 0 Å². The second-order valence-electron chi connectivity index (χ2n) is 14.4. The minimum absolute atomic E-state index is 0.0940.